The molecule has 0 spiro atoms. The fourth-order valence-corrected chi connectivity index (χ4v) is 1.64. The van der Waals surface area contributed by atoms with Crippen molar-refractivity contribution in [3.63, 3.8) is 0 Å². The van der Waals surface area contributed by atoms with Crippen LogP contribution in [0.15, 0.2) is 49.0 Å². The van der Waals surface area contributed by atoms with E-state index in [1.165, 1.54) is 12.1 Å². The summed E-state index contributed by atoms with van der Waals surface area (Å²) in [6, 6.07) is 12.7. The van der Waals surface area contributed by atoms with Crippen molar-refractivity contribution in [1.82, 2.24) is 0 Å². The summed E-state index contributed by atoms with van der Waals surface area (Å²) in [4.78, 5) is 0. The van der Waals surface area contributed by atoms with Crippen LogP contribution in [-0.4, -0.2) is 0 Å². The largest absolute Gasteiger partial charge is 0.486 e. The van der Waals surface area contributed by atoms with E-state index in [2.05, 4.69) is 6.58 Å². The van der Waals surface area contributed by atoms with Crippen molar-refractivity contribution in [3.05, 3.63) is 66.0 Å². The Morgan fingerprint density at radius 1 is 1.17 bits per heavy atom. The van der Waals surface area contributed by atoms with Crippen LogP contribution < -0.4 is 10.5 Å². The van der Waals surface area contributed by atoms with E-state index < -0.39 is 5.82 Å². The first-order chi connectivity index (χ1) is 8.72. The summed E-state index contributed by atoms with van der Waals surface area (Å²) in [7, 11) is 0. The quantitative estimate of drug-likeness (QED) is 0.832. The van der Waals surface area contributed by atoms with Gasteiger partial charge in [-0.1, -0.05) is 43.0 Å². The van der Waals surface area contributed by atoms with Crippen LogP contribution in [0, 0.1) is 5.82 Å². The molecule has 0 bridgehead atoms. The second-order valence-corrected chi connectivity index (χ2v) is 3.86. The monoisotopic (exact) mass is 243 g/mol. The van der Waals surface area contributed by atoms with Crippen LogP contribution >= 0.6 is 0 Å². The van der Waals surface area contributed by atoms with Gasteiger partial charge in [0.25, 0.3) is 0 Å². The van der Waals surface area contributed by atoms with Crippen LogP contribution in [0.5, 0.6) is 5.75 Å². The SMILES string of the molecule is C=Cc1c(N)ccc(OCc2ccccc2)c1F. The summed E-state index contributed by atoms with van der Waals surface area (Å²) in [6.07, 6.45) is 1.39. The number of hydrogen-bond acceptors (Lipinski definition) is 2. The van der Waals surface area contributed by atoms with E-state index in [0.717, 1.165) is 5.56 Å². The first-order valence-corrected chi connectivity index (χ1v) is 5.59. The highest BCUT2D eigenvalue weighted by atomic mass is 19.1. The highest BCUT2D eigenvalue weighted by Crippen LogP contribution is 2.27. The van der Waals surface area contributed by atoms with Crippen LogP contribution in [0.25, 0.3) is 6.08 Å². The zero-order valence-electron chi connectivity index (χ0n) is 9.90. The molecule has 2 aromatic rings. The van der Waals surface area contributed by atoms with Crippen molar-refractivity contribution < 1.29 is 9.13 Å². The number of halogens is 1. The molecule has 0 radical (unpaired) electrons. The average molecular weight is 243 g/mol. The maximum atomic E-state index is 14.0. The van der Waals surface area contributed by atoms with Crippen LogP contribution in [0.1, 0.15) is 11.1 Å². The third-order valence-corrected chi connectivity index (χ3v) is 2.62. The van der Waals surface area contributed by atoms with Gasteiger partial charge in [-0.15, -0.1) is 0 Å². The number of ether oxygens (including phenoxy) is 1. The van der Waals surface area contributed by atoms with E-state index in [9.17, 15) is 4.39 Å². The van der Waals surface area contributed by atoms with Gasteiger partial charge in [-0.05, 0) is 17.7 Å². The Bertz CT molecular complexity index is 552. The van der Waals surface area contributed by atoms with Gasteiger partial charge >= 0.3 is 0 Å². The fraction of sp³-hybridized carbons (Fsp3) is 0.0667. The van der Waals surface area contributed by atoms with Crippen LogP contribution in [-0.2, 0) is 6.61 Å². The first-order valence-electron chi connectivity index (χ1n) is 5.59. The van der Waals surface area contributed by atoms with Crippen molar-refractivity contribution in [1.29, 1.82) is 0 Å². The molecule has 92 valence electrons. The Morgan fingerprint density at radius 2 is 1.89 bits per heavy atom. The Morgan fingerprint density at radius 3 is 2.56 bits per heavy atom. The van der Waals surface area contributed by atoms with Crippen molar-refractivity contribution in [2.24, 2.45) is 0 Å². The molecule has 0 saturated heterocycles. The zero-order valence-corrected chi connectivity index (χ0v) is 9.90. The molecule has 0 amide bonds. The summed E-state index contributed by atoms with van der Waals surface area (Å²) in [5.41, 5.74) is 7.26. The molecule has 18 heavy (non-hydrogen) atoms. The van der Waals surface area contributed by atoms with Crippen LogP contribution in [0.4, 0.5) is 10.1 Å². The van der Waals surface area contributed by atoms with E-state index in [0.29, 0.717) is 12.3 Å². The van der Waals surface area contributed by atoms with Gasteiger partial charge in [0.05, 0.1) is 0 Å². The maximum Gasteiger partial charge on any atom is 0.174 e. The van der Waals surface area contributed by atoms with Gasteiger partial charge in [0, 0.05) is 11.3 Å². The highest BCUT2D eigenvalue weighted by Gasteiger charge is 2.10. The summed E-state index contributed by atoms with van der Waals surface area (Å²) >= 11 is 0. The van der Waals surface area contributed by atoms with E-state index in [1.54, 1.807) is 6.07 Å². The molecule has 0 aromatic heterocycles. The molecular formula is C15H14FNO. The summed E-state index contributed by atoms with van der Waals surface area (Å²) in [6.45, 7) is 3.85. The Hall–Kier alpha value is -2.29. The number of hydrogen-bond donors (Lipinski definition) is 1. The molecule has 0 aliphatic carbocycles. The number of nitrogens with two attached hydrogens (primary N) is 1. The van der Waals surface area contributed by atoms with E-state index in [-0.39, 0.29) is 11.3 Å². The molecule has 2 rings (SSSR count). The van der Waals surface area contributed by atoms with Crippen LogP contribution in [0.3, 0.4) is 0 Å². The molecule has 0 aliphatic heterocycles. The third kappa shape index (κ3) is 2.51. The Balaban J connectivity index is 2.18. The molecule has 0 heterocycles. The minimum atomic E-state index is -0.471. The van der Waals surface area contributed by atoms with E-state index >= 15 is 0 Å². The predicted octanol–water partition coefficient (Wildman–Crippen LogP) is 3.63. The highest BCUT2D eigenvalue weighted by molar-refractivity contribution is 5.66. The Labute approximate surface area is 106 Å². The van der Waals surface area contributed by atoms with Gasteiger partial charge in [0.1, 0.15) is 6.61 Å². The minimum Gasteiger partial charge on any atom is -0.486 e. The van der Waals surface area contributed by atoms with Crippen LogP contribution in [0.2, 0.25) is 0 Å². The first kappa shape index (κ1) is 12.2. The van der Waals surface area contributed by atoms with Gasteiger partial charge in [-0.2, -0.15) is 0 Å². The van der Waals surface area contributed by atoms with Gasteiger partial charge < -0.3 is 10.5 Å². The molecule has 0 atom stereocenters. The van der Waals surface area contributed by atoms with E-state index in [4.69, 9.17) is 10.5 Å². The molecule has 0 unspecified atom stereocenters. The lowest BCUT2D eigenvalue weighted by Gasteiger charge is -2.10. The predicted molar refractivity (Wildman–Crippen MR) is 71.7 cm³/mol. The lowest BCUT2D eigenvalue weighted by Crippen LogP contribution is -2.00. The van der Waals surface area contributed by atoms with Crippen molar-refractivity contribution >= 4 is 11.8 Å². The smallest absolute Gasteiger partial charge is 0.174 e. The zero-order chi connectivity index (χ0) is 13.0. The van der Waals surface area contributed by atoms with Crippen molar-refractivity contribution in [2.75, 3.05) is 5.73 Å². The van der Waals surface area contributed by atoms with Gasteiger partial charge in [0.15, 0.2) is 11.6 Å². The molecule has 0 fully saturated rings. The van der Waals surface area contributed by atoms with Gasteiger partial charge in [-0.3, -0.25) is 0 Å². The topological polar surface area (TPSA) is 35.2 Å². The number of rotatable bonds is 4. The van der Waals surface area contributed by atoms with Gasteiger partial charge in [0.2, 0.25) is 0 Å². The van der Waals surface area contributed by atoms with Crippen molar-refractivity contribution in [2.45, 2.75) is 6.61 Å². The lowest BCUT2D eigenvalue weighted by atomic mass is 10.1. The summed E-state index contributed by atoms with van der Waals surface area (Å²) < 4.78 is 19.4. The van der Waals surface area contributed by atoms with Crippen molar-refractivity contribution in [3.8, 4) is 5.75 Å². The molecule has 2 aromatic carbocycles. The number of nitrogen functional groups attached to an aromatic ring is 1. The van der Waals surface area contributed by atoms with E-state index in [1.807, 2.05) is 30.3 Å². The minimum absolute atomic E-state index is 0.183. The summed E-state index contributed by atoms with van der Waals surface area (Å²) in [5, 5.41) is 0. The Kier molecular flexibility index (Phi) is 3.63. The molecular weight excluding hydrogens is 229 g/mol. The molecule has 0 saturated carbocycles. The third-order valence-electron chi connectivity index (χ3n) is 2.62. The molecule has 2 N–H and O–H groups in total. The molecule has 0 aliphatic rings. The summed E-state index contributed by atoms with van der Waals surface area (Å²) in [5.74, 6) is -0.288. The normalized spacial score (nSPS) is 10.1. The standard InChI is InChI=1S/C15H14FNO/c1-2-12-13(17)8-9-14(15(12)16)18-10-11-6-4-3-5-7-11/h2-9H,1,10,17H2. The molecule has 2 nitrogen and oxygen atoms in total. The second-order valence-electron chi connectivity index (χ2n) is 3.86. The molecule has 3 heteroatoms. The fourth-order valence-electron chi connectivity index (χ4n) is 1.64. The second kappa shape index (κ2) is 5.36. The average Bonchev–Trinajstić information content (AvgIpc) is 2.40. The number of anilines is 1. The van der Waals surface area contributed by atoms with Gasteiger partial charge in [-0.25, -0.2) is 4.39 Å². The number of benzene rings is 2. The maximum absolute atomic E-state index is 14.0. The lowest BCUT2D eigenvalue weighted by molar-refractivity contribution is 0.290.